The number of allylic oxidation sites excluding steroid dienone is 2. The SMILES string of the molecule is COc1ccc([C@@H]2COc3cc(OC)c(CC=C(C)C)c(OC)c3C2)c(OC)c1. The van der Waals surface area contributed by atoms with Crippen LogP contribution in [0.25, 0.3) is 0 Å². The quantitative estimate of drug-likeness (QED) is 0.618. The molecule has 0 fully saturated rings. The first-order chi connectivity index (χ1) is 14.0. The number of benzene rings is 2. The first-order valence-corrected chi connectivity index (χ1v) is 9.77. The monoisotopic (exact) mass is 398 g/mol. The Labute approximate surface area is 173 Å². The van der Waals surface area contributed by atoms with Gasteiger partial charge in [0.05, 0.1) is 35.0 Å². The lowest BCUT2D eigenvalue weighted by Gasteiger charge is -2.29. The molecular formula is C24H30O5. The molecule has 2 aromatic carbocycles. The van der Waals surface area contributed by atoms with E-state index in [0.717, 1.165) is 58.3 Å². The van der Waals surface area contributed by atoms with Gasteiger partial charge in [-0.2, -0.15) is 0 Å². The van der Waals surface area contributed by atoms with E-state index in [9.17, 15) is 0 Å². The standard InChI is InChI=1S/C24H30O5/c1-15(2)7-9-19-22(27-5)13-23-20(24(19)28-6)11-16(14-29-23)18-10-8-17(25-3)12-21(18)26-4/h7-8,10,12-13,16H,9,11,14H2,1-6H3/t16-/m0/s1. The predicted molar refractivity (Wildman–Crippen MR) is 114 cm³/mol. The third-order valence-corrected chi connectivity index (χ3v) is 5.31. The van der Waals surface area contributed by atoms with Gasteiger partial charge in [0.2, 0.25) is 0 Å². The molecule has 1 heterocycles. The van der Waals surface area contributed by atoms with E-state index < -0.39 is 0 Å². The number of hydrogen-bond acceptors (Lipinski definition) is 5. The van der Waals surface area contributed by atoms with Crippen molar-refractivity contribution in [2.75, 3.05) is 35.0 Å². The summed E-state index contributed by atoms with van der Waals surface area (Å²) in [5.74, 6) is 4.19. The van der Waals surface area contributed by atoms with Crippen LogP contribution in [0.3, 0.4) is 0 Å². The Kier molecular flexibility index (Phi) is 6.57. The van der Waals surface area contributed by atoms with Crippen molar-refractivity contribution in [2.24, 2.45) is 0 Å². The number of methoxy groups -OCH3 is 4. The van der Waals surface area contributed by atoms with Gasteiger partial charge >= 0.3 is 0 Å². The molecular weight excluding hydrogens is 368 g/mol. The zero-order valence-corrected chi connectivity index (χ0v) is 18.1. The van der Waals surface area contributed by atoms with E-state index in [4.69, 9.17) is 23.7 Å². The lowest BCUT2D eigenvalue weighted by atomic mass is 9.87. The fourth-order valence-electron chi connectivity index (χ4n) is 3.80. The molecule has 29 heavy (non-hydrogen) atoms. The molecule has 5 heteroatoms. The second-order valence-electron chi connectivity index (χ2n) is 7.37. The molecule has 0 unspecified atom stereocenters. The van der Waals surface area contributed by atoms with Crippen LogP contribution in [0.15, 0.2) is 35.9 Å². The maximum Gasteiger partial charge on any atom is 0.132 e. The number of ether oxygens (including phenoxy) is 5. The van der Waals surface area contributed by atoms with Gasteiger partial charge in [0.1, 0.15) is 28.7 Å². The summed E-state index contributed by atoms with van der Waals surface area (Å²) in [5.41, 5.74) is 4.46. The first-order valence-electron chi connectivity index (χ1n) is 9.77. The van der Waals surface area contributed by atoms with Crippen molar-refractivity contribution < 1.29 is 23.7 Å². The zero-order valence-electron chi connectivity index (χ0n) is 18.1. The molecule has 1 atom stereocenters. The highest BCUT2D eigenvalue weighted by molar-refractivity contribution is 5.59. The van der Waals surface area contributed by atoms with Crippen LogP contribution in [-0.4, -0.2) is 35.0 Å². The number of hydrogen-bond donors (Lipinski definition) is 0. The second-order valence-corrected chi connectivity index (χ2v) is 7.37. The molecule has 0 radical (unpaired) electrons. The molecule has 0 amide bonds. The summed E-state index contributed by atoms with van der Waals surface area (Å²) < 4.78 is 28.6. The summed E-state index contributed by atoms with van der Waals surface area (Å²) in [6, 6.07) is 7.90. The third kappa shape index (κ3) is 4.29. The normalized spacial score (nSPS) is 15.0. The molecule has 0 aliphatic carbocycles. The summed E-state index contributed by atoms with van der Waals surface area (Å²) in [4.78, 5) is 0. The van der Waals surface area contributed by atoms with Gasteiger partial charge in [-0.15, -0.1) is 0 Å². The van der Waals surface area contributed by atoms with Crippen molar-refractivity contribution in [2.45, 2.75) is 32.6 Å². The van der Waals surface area contributed by atoms with E-state index in [1.165, 1.54) is 5.57 Å². The topological polar surface area (TPSA) is 46.2 Å². The van der Waals surface area contributed by atoms with Crippen LogP contribution in [0.5, 0.6) is 28.7 Å². The van der Waals surface area contributed by atoms with Crippen LogP contribution in [0, 0.1) is 0 Å². The van der Waals surface area contributed by atoms with E-state index in [-0.39, 0.29) is 5.92 Å². The molecule has 1 aliphatic heterocycles. The molecule has 0 N–H and O–H groups in total. The summed E-state index contributed by atoms with van der Waals surface area (Å²) >= 11 is 0. The first kappa shape index (κ1) is 20.9. The van der Waals surface area contributed by atoms with E-state index in [2.05, 4.69) is 26.0 Å². The molecule has 0 bridgehead atoms. The van der Waals surface area contributed by atoms with Gasteiger partial charge in [0, 0.05) is 34.7 Å². The highest BCUT2D eigenvalue weighted by Gasteiger charge is 2.29. The van der Waals surface area contributed by atoms with Gasteiger partial charge in [0.15, 0.2) is 0 Å². The lowest BCUT2D eigenvalue weighted by Crippen LogP contribution is -2.21. The maximum absolute atomic E-state index is 6.15. The van der Waals surface area contributed by atoms with Crippen LogP contribution in [0.4, 0.5) is 0 Å². The Morgan fingerprint density at radius 1 is 1.00 bits per heavy atom. The Morgan fingerprint density at radius 3 is 2.38 bits per heavy atom. The molecule has 1 aliphatic rings. The van der Waals surface area contributed by atoms with Gasteiger partial charge in [0.25, 0.3) is 0 Å². The van der Waals surface area contributed by atoms with Crippen LogP contribution in [0.1, 0.15) is 36.5 Å². The smallest absolute Gasteiger partial charge is 0.132 e. The second kappa shape index (κ2) is 9.12. The molecule has 0 saturated carbocycles. The zero-order chi connectivity index (χ0) is 21.0. The van der Waals surface area contributed by atoms with Gasteiger partial charge in [-0.1, -0.05) is 17.7 Å². The van der Waals surface area contributed by atoms with E-state index in [1.54, 1.807) is 28.4 Å². The number of fused-ring (bicyclic) bond motifs is 1. The minimum atomic E-state index is 0.155. The maximum atomic E-state index is 6.15. The lowest BCUT2D eigenvalue weighted by molar-refractivity contribution is 0.251. The van der Waals surface area contributed by atoms with Crippen LogP contribution in [-0.2, 0) is 12.8 Å². The minimum Gasteiger partial charge on any atom is -0.497 e. The Hall–Kier alpha value is -2.82. The average Bonchev–Trinajstić information content (AvgIpc) is 2.75. The molecule has 5 nitrogen and oxygen atoms in total. The molecule has 0 saturated heterocycles. The molecule has 3 rings (SSSR count). The van der Waals surface area contributed by atoms with Crippen LogP contribution >= 0.6 is 0 Å². The van der Waals surface area contributed by atoms with Crippen molar-refractivity contribution >= 4 is 0 Å². The highest BCUT2D eigenvalue weighted by Crippen LogP contribution is 2.46. The van der Waals surface area contributed by atoms with E-state index >= 15 is 0 Å². The summed E-state index contributed by atoms with van der Waals surface area (Å²) in [6.07, 6.45) is 3.73. The molecule has 2 aromatic rings. The fraction of sp³-hybridized carbons (Fsp3) is 0.417. The van der Waals surface area contributed by atoms with Crippen LogP contribution in [0.2, 0.25) is 0 Å². The summed E-state index contributed by atoms with van der Waals surface area (Å²) in [6.45, 7) is 4.74. The van der Waals surface area contributed by atoms with Crippen molar-refractivity contribution in [3.63, 3.8) is 0 Å². The summed E-state index contributed by atoms with van der Waals surface area (Å²) in [5, 5.41) is 0. The van der Waals surface area contributed by atoms with E-state index in [0.29, 0.717) is 6.61 Å². The molecule has 0 spiro atoms. The minimum absolute atomic E-state index is 0.155. The van der Waals surface area contributed by atoms with Crippen molar-refractivity contribution in [3.05, 3.63) is 52.6 Å². The molecule has 156 valence electrons. The van der Waals surface area contributed by atoms with Crippen molar-refractivity contribution in [3.8, 4) is 28.7 Å². The largest absolute Gasteiger partial charge is 0.497 e. The van der Waals surface area contributed by atoms with Gasteiger partial charge in [-0.3, -0.25) is 0 Å². The van der Waals surface area contributed by atoms with Gasteiger partial charge < -0.3 is 23.7 Å². The van der Waals surface area contributed by atoms with Gasteiger partial charge in [-0.05, 0) is 32.8 Å². The fourth-order valence-corrected chi connectivity index (χ4v) is 3.80. The Bertz CT molecular complexity index is 897. The number of rotatable bonds is 7. The predicted octanol–water partition coefficient (Wildman–Crippen LogP) is 4.95. The highest BCUT2D eigenvalue weighted by atomic mass is 16.5. The van der Waals surface area contributed by atoms with Crippen molar-refractivity contribution in [1.82, 2.24) is 0 Å². The molecule has 0 aromatic heterocycles. The van der Waals surface area contributed by atoms with E-state index in [1.807, 2.05) is 18.2 Å². The average molecular weight is 398 g/mol. The summed E-state index contributed by atoms with van der Waals surface area (Å²) in [7, 11) is 6.72. The third-order valence-electron chi connectivity index (χ3n) is 5.31. The Morgan fingerprint density at radius 2 is 1.76 bits per heavy atom. The Balaban J connectivity index is 2.03. The van der Waals surface area contributed by atoms with Crippen molar-refractivity contribution in [1.29, 1.82) is 0 Å². The van der Waals surface area contributed by atoms with Gasteiger partial charge in [-0.25, -0.2) is 0 Å². The van der Waals surface area contributed by atoms with Crippen LogP contribution < -0.4 is 23.7 Å².